The van der Waals surface area contributed by atoms with Crippen LogP contribution in [0.1, 0.15) is 53.4 Å². The Morgan fingerprint density at radius 2 is 1.35 bits per heavy atom. The van der Waals surface area contributed by atoms with Gasteiger partial charge in [0.05, 0.1) is 6.54 Å². The summed E-state index contributed by atoms with van der Waals surface area (Å²) in [4.78, 5) is 22.0. The Morgan fingerprint density at radius 1 is 0.769 bits per heavy atom. The van der Waals surface area contributed by atoms with Gasteiger partial charge in [-0.05, 0) is 85.0 Å². The van der Waals surface area contributed by atoms with Gasteiger partial charge in [0.2, 0.25) is 5.91 Å². The monoisotopic (exact) mass is 364 g/mol. The van der Waals surface area contributed by atoms with E-state index in [1.54, 1.807) is 0 Å². The van der Waals surface area contributed by atoms with Crippen molar-refractivity contribution in [1.29, 1.82) is 0 Å². The number of likely N-dealkylation sites (tertiary alicyclic amines) is 2. The third-order valence-corrected chi connectivity index (χ3v) is 7.27. The number of piperidine rings is 2. The maximum atomic E-state index is 12.4. The number of rotatable bonds is 5. The van der Waals surface area contributed by atoms with E-state index in [4.69, 9.17) is 0 Å². The van der Waals surface area contributed by atoms with Crippen LogP contribution in [0.5, 0.6) is 0 Å². The molecule has 0 N–H and O–H groups in total. The molecule has 0 aromatic heterocycles. The van der Waals surface area contributed by atoms with Gasteiger partial charge in [0.25, 0.3) is 0 Å². The maximum absolute atomic E-state index is 12.4. The average Bonchev–Trinajstić information content (AvgIpc) is 2.62. The normalized spacial score (nSPS) is 26.4. The van der Waals surface area contributed by atoms with Crippen LogP contribution in [0.25, 0.3) is 0 Å². The molecule has 3 fully saturated rings. The number of amides is 1. The first-order valence-corrected chi connectivity index (χ1v) is 10.9. The molecule has 3 heterocycles. The minimum absolute atomic E-state index is 0.319. The zero-order valence-electron chi connectivity index (χ0n) is 17.5. The van der Waals surface area contributed by atoms with Crippen LogP contribution in [0.4, 0.5) is 0 Å². The molecule has 0 atom stereocenters. The summed E-state index contributed by atoms with van der Waals surface area (Å²) in [5.74, 6) is 0.319. The van der Waals surface area contributed by atoms with Crippen molar-refractivity contribution in [1.82, 2.24) is 19.6 Å². The zero-order valence-corrected chi connectivity index (χ0v) is 17.5. The average molecular weight is 365 g/mol. The third-order valence-electron chi connectivity index (χ3n) is 7.27. The Hall–Kier alpha value is -0.650. The molecule has 0 saturated carbocycles. The van der Waals surface area contributed by atoms with Gasteiger partial charge in [-0.3, -0.25) is 9.69 Å². The van der Waals surface area contributed by atoms with Gasteiger partial charge in [-0.2, -0.15) is 0 Å². The van der Waals surface area contributed by atoms with Gasteiger partial charge in [0, 0.05) is 38.3 Å². The number of hydrogen-bond donors (Lipinski definition) is 0. The van der Waals surface area contributed by atoms with E-state index >= 15 is 0 Å². The lowest BCUT2D eigenvalue weighted by Gasteiger charge is -2.48. The summed E-state index contributed by atoms with van der Waals surface area (Å²) in [6.45, 7) is 18.5. The van der Waals surface area contributed by atoms with Crippen molar-refractivity contribution in [3.63, 3.8) is 0 Å². The molecule has 0 aromatic carbocycles. The summed E-state index contributed by atoms with van der Waals surface area (Å²) < 4.78 is 0. The largest absolute Gasteiger partial charge is 0.339 e. The van der Waals surface area contributed by atoms with Crippen molar-refractivity contribution in [3.05, 3.63) is 0 Å². The van der Waals surface area contributed by atoms with E-state index in [1.807, 2.05) is 0 Å². The maximum Gasteiger partial charge on any atom is 0.236 e. The van der Waals surface area contributed by atoms with Crippen LogP contribution in [0, 0.1) is 5.41 Å². The number of carbonyl (C=O) groups is 1. The SMILES string of the molecule is CC(C)N1CCC2(CCN(CCN3CCN(C(C)C)CC3=O)CC2)CC1. The smallest absolute Gasteiger partial charge is 0.236 e. The van der Waals surface area contributed by atoms with Gasteiger partial charge in [0.15, 0.2) is 0 Å². The van der Waals surface area contributed by atoms with Gasteiger partial charge >= 0.3 is 0 Å². The Morgan fingerprint density at radius 3 is 1.88 bits per heavy atom. The molecule has 150 valence electrons. The topological polar surface area (TPSA) is 30.0 Å². The molecule has 3 saturated heterocycles. The molecule has 0 unspecified atom stereocenters. The molecule has 0 aromatic rings. The molecule has 3 rings (SSSR count). The van der Waals surface area contributed by atoms with E-state index in [2.05, 4.69) is 47.3 Å². The van der Waals surface area contributed by atoms with Crippen molar-refractivity contribution in [2.24, 2.45) is 5.41 Å². The van der Waals surface area contributed by atoms with E-state index in [-0.39, 0.29) is 0 Å². The fourth-order valence-electron chi connectivity index (χ4n) is 4.93. The second kappa shape index (κ2) is 8.57. The predicted molar refractivity (Wildman–Crippen MR) is 107 cm³/mol. The van der Waals surface area contributed by atoms with Crippen LogP contribution < -0.4 is 0 Å². The number of carbonyl (C=O) groups excluding carboxylic acids is 1. The molecule has 0 aliphatic carbocycles. The molecule has 0 radical (unpaired) electrons. The fourth-order valence-corrected chi connectivity index (χ4v) is 4.93. The third kappa shape index (κ3) is 4.79. The summed E-state index contributed by atoms with van der Waals surface area (Å²) in [5, 5.41) is 0. The van der Waals surface area contributed by atoms with Crippen molar-refractivity contribution in [2.45, 2.75) is 65.5 Å². The van der Waals surface area contributed by atoms with Crippen LogP contribution in [0.3, 0.4) is 0 Å². The van der Waals surface area contributed by atoms with Gasteiger partial charge < -0.3 is 14.7 Å². The lowest BCUT2D eigenvalue weighted by Crippen LogP contribution is -2.54. The Kier molecular flexibility index (Phi) is 6.63. The van der Waals surface area contributed by atoms with Crippen molar-refractivity contribution >= 4 is 5.91 Å². The van der Waals surface area contributed by atoms with Gasteiger partial charge in [-0.1, -0.05) is 0 Å². The lowest BCUT2D eigenvalue weighted by atomic mass is 9.71. The standard InChI is InChI=1S/C21H40N4O/c1-18(2)23-11-7-21(8-12-23)5-9-22(10-6-21)13-14-24-15-16-25(19(3)4)17-20(24)26/h18-19H,5-17H2,1-4H3. The highest BCUT2D eigenvalue weighted by Crippen LogP contribution is 2.41. The number of nitrogens with zero attached hydrogens (tertiary/aromatic N) is 4. The van der Waals surface area contributed by atoms with Crippen molar-refractivity contribution in [2.75, 3.05) is 58.9 Å². The number of piperazine rings is 1. The van der Waals surface area contributed by atoms with E-state index in [0.717, 1.165) is 26.2 Å². The molecule has 5 nitrogen and oxygen atoms in total. The van der Waals surface area contributed by atoms with Crippen molar-refractivity contribution in [3.8, 4) is 0 Å². The molecule has 5 heteroatoms. The summed E-state index contributed by atoms with van der Waals surface area (Å²) in [6, 6.07) is 1.17. The van der Waals surface area contributed by atoms with Crippen LogP contribution >= 0.6 is 0 Å². The quantitative estimate of drug-likeness (QED) is 0.748. The van der Waals surface area contributed by atoms with Crippen LogP contribution in [0.15, 0.2) is 0 Å². The summed E-state index contributed by atoms with van der Waals surface area (Å²) in [5.41, 5.74) is 0.612. The van der Waals surface area contributed by atoms with E-state index in [9.17, 15) is 4.79 Å². The minimum atomic E-state index is 0.319. The van der Waals surface area contributed by atoms with Crippen LogP contribution in [-0.2, 0) is 4.79 Å². The molecule has 1 amide bonds. The van der Waals surface area contributed by atoms with Crippen LogP contribution in [0.2, 0.25) is 0 Å². The van der Waals surface area contributed by atoms with E-state index in [0.29, 0.717) is 30.0 Å². The Bertz CT molecular complexity index is 461. The first-order chi connectivity index (χ1) is 12.4. The first-order valence-electron chi connectivity index (χ1n) is 10.9. The van der Waals surface area contributed by atoms with Crippen LogP contribution in [-0.4, -0.2) is 96.5 Å². The van der Waals surface area contributed by atoms with E-state index < -0.39 is 0 Å². The minimum Gasteiger partial charge on any atom is -0.339 e. The fraction of sp³-hybridized carbons (Fsp3) is 0.952. The molecule has 3 aliphatic heterocycles. The molecular formula is C21H40N4O. The molecule has 3 aliphatic rings. The molecular weight excluding hydrogens is 324 g/mol. The summed E-state index contributed by atoms with van der Waals surface area (Å²) in [6.07, 6.45) is 5.48. The Labute approximate surface area is 160 Å². The second-order valence-corrected chi connectivity index (χ2v) is 9.42. The Balaban J connectivity index is 1.38. The molecule has 0 bridgehead atoms. The second-order valence-electron chi connectivity index (χ2n) is 9.42. The first kappa shape index (κ1) is 20.1. The van der Waals surface area contributed by atoms with E-state index in [1.165, 1.54) is 51.9 Å². The zero-order chi connectivity index (χ0) is 18.7. The summed E-state index contributed by atoms with van der Waals surface area (Å²) in [7, 11) is 0. The molecule has 26 heavy (non-hydrogen) atoms. The van der Waals surface area contributed by atoms with Gasteiger partial charge in [0.1, 0.15) is 0 Å². The highest BCUT2D eigenvalue weighted by molar-refractivity contribution is 5.79. The highest BCUT2D eigenvalue weighted by Gasteiger charge is 2.38. The number of hydrogen-bond acceptors (Lipinski definition) is 4. The highest BCUT2D eigenvalue weighted by atomic mass is 16.2. The lowest BCUT2D eigenvalue weighted by molar-refractivity contribution is -0.137. The molecule has 1 spiro atoms. The van der Waals surface area contributed by atoms with Crippen molar-refractivity contribution < 1.29 is 4.79 Å². The summed E-state index contributed by atoms with van der Waals surface area (Å²) >= 11 is 0. The van der Waals surface area contributed by atoms with Gasteiger partial charge in [-0.25, -0.2) is 0 Å². The van der Waals surface area contributed by atoms with Gasteiger partial charge in [-0.15, -0.1) is 0 Å². The predicted octanol–water partition coefficient (Wildman–Crippen LogP) is 2.13.